The molecule has 8 nitrogen and oxygen atoms in total. The number of rotatable bonds is 6. The average molecular weight is 467 g/mol. The van der Waals surface area contributed by atoms with Crippen molar-refractivity contribution < 1.29 is 28.5 Å². The van der Waals surface area contributed by atoms with Gasteiger partial charge in [0.2, 0.25) is 18.6 Å². The zero-order valence-corrected chi connectivity index (χ0v) is 19.6. The van der Waals surface area contributed by atoms with Crippen molar-refractivity contribution in [3.05, 3.63) is 47.5 Å². The SMILES string of the molecule is COc1ccc(OC)c(CC(=O)N2CC[C@@H]3[C@@H](CCC(=O)N3Cc3ccc4c(c3)OCO4)C2)c1. The van der Waals surface area contributed by atoms with Crippen LogP contribution in [0.4, 0.5) is 0 Å². The zero-order chi connectivity index (χ0) is 23.7. The molecule has 2 amide bonds. The number of methoxy groups -OCH3 is 2. The molecule has 2 fully saturated rings. The molecule has 0 saturated carbocycles. The van der Waals surface area contributed by atoms with Crippen molar-refractivity contribution in [1.82, 2.24) is 9.80 Å². The highest BCUT2D eigenvalue weighted by Crippen LogP contribution is 2.36. The summed E-state index contributed by atoms with van der Waals surface area (Å²) in [4.78, 5) is 30.0. The highest BCUT2D eigenvalue weighted by atomic mass is 16.7. The minimum Gasteiger partial charge on any atom is -0.497 e. The standard InChI is InChI=1S/C26H30N2O6/c1-31-20-5-7-22(32-2)19(12-20)13-26(30)27-10-9-21-18(15-27)4-8-25(29)28(21)14-17-3-6-23-24(11-17)34-16-33-23/h3,5-7,11-12,18,21H,4,8-10,13-16H2,1-2H3/t18-,21+/m0/s1. The van der Waals surface area contributed by atoms with E-state index >= 15 is 0 Å². The minimum absolute atomic E-state index is 0.0734. The quantitative estimate of drug-likeness (QED) is 0.651. The van der Waals surface area contributed by atoms with Crippen molar-refractivity contribution in [2.24, 2.45) is 5.92 Å². The summed E-state index contributed by atoms with van der Waals surface area (Å²) < 4.78 is 21.7. The van der Waals surface area contributed by atoms with Crippen LogP contribution in [0.5, 0.6) is 23.0 Å². The van der Waals surface area contributed by atoms with Crippen LogP contribution in [0, 0.1) is 5.92 Å². The molecular weight excluding hydrogens is 436 g/mol. The van der Waals surface area contributed by atoms with Crippen LogP contribution in [0.25, 0.3) is 0 Å². The molecule has 2 saturated heterocycles. The smallest absolute Gasteiger partial charge is 0.231 e. The summed E-state index contributed by atoms with van der Waals surface area (Å²) in [5.41, 5.74) is 1.85. The Balaban J connectivity index is 1.25. The lowest BCUT2D eigenvalue weighted by atomic mass is 9.83. The second-order valence-electron chi connectivity index (χ2n) is 9.06. The summed E-state index contributed by atoms with van der Waals surface area (Å²) in [6, 6.07) is 11.5. The normalized spacial score (nSPS) is 21.3. The van der Waals surface area contributed by atoms with Crippen LogP contribution in [0.3, 0.4) is 0 Å². The maximum atomic E-state index is 13.2. The summed E-state index contributed by atoms with van der Waals surface area (Å²) in [5, 5.41) is 0. The number of hydrogen-bond donors (Lipinski definition) is 0. The third kappa shape index (κ3) is 4.36. The number of fused-ring (bicyclic) bond motifs is 2. The van der Waals surface area contributed by atoms with Gasteiger partial charge in [0.05, 0.1) is 20.6 Å². The molecule has 34 heavy (non-hydrogen) atoms. The van der Waals surface area contributed by atoms with E-state index in [1.165, 1.54) is 0 Å². The van der Waals surface area contributed by atoms with E-state index in [9.17, 15) is 9.59 Å². The number of carbonyl (C=O) groups excluding carboxylic acids is 2. The number of ether oxygens (including phenoxy) is 4. The molecule has 0 N–H and O–H groups in total. The maximum Gasteiger partial charge on any atom is 0.231 e. The van der Waals surface area contributed by atoms with Gasteiger partial charge in [-0.3, -0.25) is 9.59 Å². The Hall–Kier alpha value is -3.42. The number of benzene rings is 2. The molecule has 0 aromatic heterocycles. The highest BCUT2D eigenvalue weighted by molar-refractivity contribution is 5.80. The molecule has 5 rings (SSSR count). The predicted molar refractivity (Wildman–Crippen MR) is 124 cm³/mol. The molecule has 3 aliphatic heterocycles. The van der Waals surface area contributed by atoms with Gasteiger partial charge in [0, 0.05) is 37.7 Å². The number of hydrogen-bond acceptors (Lipinski definition) is 6. The molecule has 0 spiro atoms. The first-order valence-electron chi connectivity index (χ1n) is 11.7. The molecule has 2 aromatic rings. The number of carbonyl (C=O) groups is 2. The van der Waals surface area contributed by atoms with E-state index in [4.69, 9.17) is 18.9 Å². The third-order valence-corrected chi connectivity index (χ3v) is 7.12. The zero-order valence-electron chi connectivity index (χ0n) is 19.6. The fraction of sp³-hybridized carbons (Fsp3) is 0.462. The van der Waals surface area contributed by atoms with Gasteiger partial charge in [-0.1, -0.05) is 6.07 Å². The summed E-state index contributed by atoms with van der Waals surface area (Å²) in [6.07, 6.45) is 2.37. The van der Waals surface area contributed by atoms with E-state index in [1.807, 2.05) is 46.2 Å². The molecule has 0 radical (unpaired) electrons. The lowest BCUT2D eigenvalue weighted by molar-refractivity contribution is -0.144. The van der Waals surface area contributed by atoms with Gasteiger partial charge in [-0.15, -0.1) is 0 Å². The van der Waals surface area contributed by atoms with E-state index < -0.39 is 0 Å². The average Bonchev–Trinajstić information content (AvgIpc) is 3.33. The van der Waals surface area contributed by atoms with Crippen molar-refractivity contribution in [2.75, 3.05) is 34.1 Å². The van der Waals surface area contributed by atoms with E-state index in [2.05, 4.69) is 0 Å². The van der Waals surface area contributed by atoms with E-state index in [1.54, 1.807) is 14.2 Å². The predicted octanol–water partition coefficient (Wildman–Crippen LogP) is 3.01. The topological polar surface area (TPSA) is 77.5 Å². The Kier molecular flexibility index (Phi) is 6.22. The molecule has 8 heteroatoms. The van der Waals surface area contributed by atoms with Gasteiger partial charge in [-0.25, -0.2) is 0 Å². The fourth-order valence-electron chi connectivity index (χ4n) is 5.31. The van der Waals surface area contributed by atoms with Gasteiger partial charge in [0.1, 0.15) is 11.5 Å². The number of likely N-dealkylation sites (tertiary alicyclic amines) is 2. The van der Waals surface area contributed by atoms with Gasteiger partial charge in [0.25, 0.3) is 0 Å². The Morgan fingerprint density at radius 3 is 2.74 bits per heavy atom. The van der Waals surface area contributed by atoms with Crippen LogP contribution < -0.4 is 18.9 Å². The molecule has 3 heterocycles. The van der Waals surface area contributed by atoms with Gasteiger partial charge in [0.15, 0.2) is 11.5 Å². The third-order valence-electron chi connectivity index (χ3n) is 7.12. The lowest BCUT2D eigenvalue weighted by Gasteiger charge is -2.47. The minimum atomic E-state index is 0.0734. The molecular formula is C26H30N2O6. The molecule has 2 aromatic carbocycles. The van der Waals surface area contributed by atoms with Crippen LogP contribution in [0.2, 0.25) is 0 Å². The van der Waals surface area contributed by atoms with Crippen LogP contribution in [0.15, 0.2) is 36.4 Å². The molecule has 3 aliphatic rings. The highest BCUT2D eigenvalue weighted by Gasteiger charge is 2.40. The number of amides is 2. The molecule has 0 unspecified atom stereocenters. The first kappa shape index (κ1) is 22.4. The summed E-state index contributed by atoms with van der Waals surface area (Å²) in [7, 11) is 3.22. The van der Waals surface area contributed by atoms with Crippen molar-refractivity contribution >= 4 is 11.8 Å². The largest absolute Gasteiger partial charge is 0.497 e. The number of nitrogens with zero attached hydrogens (tertiary/aromatic N) is 2. The van der Waals surface area contributed by atoms with Crippen molar-refractivity contribution in [2.45, 2.75) is 38.3 Å². The Morgan fingerprint density at radius 2 is 1.91 bits per heavy atom. The monoisotopic (exact) mass is 466 g/mol. The summed E-state index contributed by atoms with van der Waals surface area (Å²) >= 11 is 0. The first-order valence-corrected chi connectivity index (χ1v) is 11.7. The summed E-state index contributed by atoms with van der Waals surface area (Å²) in [6.45, 7) is 2.08. The van der Waals surface area contributed by atoms with Gasteiger partial charge >= 0.3 is 0 Å². The van der Waals surface area contributed by atoms with Gasteiger partial charge < -0.3 is 28.7 Å². The van der Waals surface area contributed by atoms with Gasteiger partial charge in [-0.05, 0) is 54.7 Å². The van der Waals surface area contributed by atoms with Crippen molar-refractivity contribution in [1.29, 1.82) is 0 Å². The van der Waals surface area contributed by atoms with E-state index in [-0.39, 0.29) is 37.0 Å². The Morgan fingerprint density at radius 1 is 1.06 bits per heavy atom. The second kappa shape index (κ2) is 9.44. The Bertz CT molecular complexity index is 1090. The number of piperidine rings is 2. The Labute approximate surface area is 199 Å². The fourth-order valence-corrected chi connectivity index (χ4v) is 5.31. The van der Waals surface area contributed by atoms with Crippen molar-refractivity contribution in [3.63, 3.8) is 0 Å². The van der Waals surface area contributed by atoms with Crippen molar-refractivity contribution in [3.8, 4) is 23.0 Å². The molecule has 2 atom stereocenters. The van der Waals surface area contributed by atoms with Crippen LogP contribution in [0.1, 0.15) is 30.4 Å². The molecule has 0 aliphatic carbocycles. The lowest BCUT2D eigenvalue weighted by Crippen LogP contribution is -2.56. The van der Waals surface area contributed by atoms with Crippen LogP contribution in [-0.2, 0) is 22.6 Å². The van der Waals surface area contributed by atoms with Gasteiger partial charge in [-0.2, -0.15) is 0 Å². The van der Waals surface area contributed by atoms with E-state index in [0.29, 0.717) is 37.6 Å². The first-order chi connectivity index (χ1) is 16.6. The summed E-state index contributed by atoms with van der Waals surface area (Å²) in [5.74, 6) is 3.38. The van der Waals surface area contributed by atoms with Crippen LogP contribution >= 0.6 is 0 Å². The van der Waals surface area contributed by atoms with E-state index in [0.717, 1.165) is 35.5 Å². The van der Waals surface area contributed by atoms with Crippen LogP contribution in [-0.4, -0.2) is 61.8 Å². The second-order valence-corrected chi connectivity index (χ2v) is 9.06. The molecule has 180 valence electrons. The molecule has 0 bridgehead atoms. The maximum absolute atomic E-state index is 13.2.